The van der Waals surface area contributed by atoms with Gasteiger partial charge in [0.1, 0.15) is 5.75 Å². The van der Waals surface area contributed by atoms with Gasteiger partial charge in [0.25, 0.3) is 0 Å². The molecule has 142 valence electrons. The van der Waals surface area contributed by atoms with Gasteiger partial charge in [-0.05, 0) is 31.4 Å². The van der Waals surface area contributed by atoms with E-state index in [0.29, 0.717) is 24.6 Å². The third kappa shape index (κ3) is 8.62. The summed E-state index contributed by atoms with van der Waals surface area (Å²) in [6, 6.07) is 5.09. The summed E-state index contributed by atoms with van der Waals surface area (Å²) in [7, 11) is 0. The Morgan fingerprint density at radius 1 is 1.32 bits per heavy atom. The smallest absolute Gasteiger partial charge is 0.422 e. The molecular formula is C17H26F3N3O2. The van der Waals surface area contributed by atoms with E-state index >= 15 is 0 Å². The van der Waals surface area contributed by atoms with E-state index in [9.17, 15) is 13.2 Å². The minimum atomic E-state index is -4.39. The number of nitrogens with zero attached hydrogens (tertiary/aromatic N) is 1. The van der Waals surface area contributed by atoms with Gasteiger partial charge in [0, 0.05) is 25.3 Å². The quantitative estimate of drug-likeness (QED) is 0.492. The molecule has 0 aliphatic rings. The van der Waals surface area contributed by atoms with Gasteiger partial charge in [-0.1, -0.05) is 19.1 Å². The monoisotopic (exact) mass is 361 g/mol. The average Bonchev–Trinajstić information content (AvgIpc) is 2.55. The maximum atomic E-state index is 12.4. The fraction of sp³-hybridized carbons (Fsp3) is 0.588. The zero-order valence-corrected chi connectivity index (χ0v) is 14.8. The lowest BCUT2D eigenvalue weighted by Crippen LogP contribution is -2.39. The molecule has 3 N–H and O–H groups in total. The first kappa shape index (κ1) is 21.1. The number of hydrogen-bond acceptors (Lipinski definition) is 3. The predicted octanol–water partition coefficient (Wildman–Crippen LogP) is 2.62. The molecular weight excluding hydrogens is 335 g/mol. The second-order valence-electron chi connectivity index (χ2n) is 5.88. The zero-order valence-electron chi connectivity index (χ0n) is 14.8. The Morgan fingerprint density at radius 3 is 2.64 bits per heavy atom. The zero-order chi connectivity index (χ0) is 18.9. The highest BCUT2D eigenvalue weighted by Gasteiger charge is 2.28. The fourth-order valence-electron chi connectivity index (χ4n) is 1.93. The van der Waals surface area contributed by atoms with Crippen molar-refractivity contribution >= 4 is 5.96 Å². The summed E-state index contributed by atoms with van der Waals surface area (Å²) in [5, 5.41) is 15.2. The molecule has 0 heterocycles. The average molecular weight is 361 g/mol. The molecule has 0 aliphatic heterocycles. The second kappa shape index (κ2) is 10.1. The van der Waals surface area contributed by atoms with Crippen LogP contribution in [0.1, 0.15) is 25.0 Å². The maximum absolute atomic E-state index is 12.4. The largest absolute Gasteiger partial charge is 0.484 e. The van der Waals surface area contributed by atoms with Crippen LogP contribution in [-0.4, -0.2) is 43.5 Å². The van der Waals surface area contributed by atoms with Crippen molar-refractivity contribution in [2.75, 3.05) is 26.3 Å². The van der Waals surface area contributed by atoms with Gasteiger partial charge in [0.2, 0.25) is 0 Å². The van der Waals surface area contributed by atoms with Crippen molar-refractivity contribution in [2.45, 2.75) is 33.5 Å². The van der Waals surface area contributed by atoms with Crippen LogP contribution in [0.2, 0.25) is 0 Å². The van der Waals surface area contributed by atoms with Gasteiger partial charge < -0.3 is 20.5 Å². The molecule has 0 saturated heterocycles. The summed E-state index contributed by atoms with van der Waals surface area (Å²) in [5.41, 5.74) is 1.38. The van der Waals surface area contributed by atoms with Crippen molar-refractivity contribution in [1.29, 1.82) is 0 Å². The molecule has 25 heavy (non-hydrogen) atoms. The van der Waals surface area contributed by atoms with E-state index in [1.165, 1.54) is 0 Å². The van der Waals surface area contributed by atoms with Crippen LogP contribution >= 0.6 is 0 Å². The van der Waals surface area contributed by atoms with E-state index in [0.717, 1.165) is 5.56 Å². The topological polar surface area (TPSA) is 65.9 Å². The molecule has 1 aromatic carbocycles. The van der Waals surface area contributed by atoms with Crippen LogP contribution in [0, 0.1) is 12.8 Å². The van der Waals surface area contributed by atoms with Crippen molar-refractivity contribution in [1.82, 2.24) is 10.6 Å². The summed E-state index contributed by atoms with van der Waals surface area (Å²) in [6.07, 6.45) is -4.39. The number of benzene rings is 1. The van der Waals surface area contributed by atoms with E-state index in [1.807, 2.05) is 13.8 Å². The van der Waals surface area contributed by atoms with Gasteiger partial charge in [-0.15, -0.1) is 0 Å². The van der Waals surface area contributed by atoms with Crippen LogP contribution in [0.15, 0.2) is 23.2 Å². The third-order valence-electron chi connectivity index (χ3n) is 3.30. The molecule has 1 rings (SSSR count). The third-order valence-corrected chi connectivity index (χ3v) is 3.30. The first-order valence-electron chi connectivity index (χ1n) is 8.17. The highest BCUT2D eigenvalue weighted by atomic mass is 19.4. The van der Waals surface area contributed by atoms with Crippen molar-refractivity contribution in [3.63, 3.8) is 0 Å². The summed E-state index contributed by atoms with van der Waals surface area (Å²) in [6.45, 7) is 5.67. The molecule has 1 aromatic rings. The van der Waals surface area contributed by atoms with E-state index in [-0.39, 0.29) is 24.8 Å². The first-order chi connectivity index (χ1) is 11.7. The van der Waals surface area contributed by atoms with Crippen LogP contribution in [0.4, 0.5) is 13.2 Å². The number of ether oxygens (including phenoxy) is 1. The van der Waals surface area contributed by atoms with E-state index in [4.69, 9.17) is 9.84 Å². The number of alkyl halides is 3. The minimum Gasteiger partial charge on any atom is -0.484 e. The molecule has 0 spiro atoms. The number of rotatable bonds is 8. The van der Waals surface area contributed by atoms with Gasteiger partial charge >= 0.3 is 6.18 Å². The predicted molar refractivity (Wildman–Crippen MR) is 91.8 cm³/mol. The molecule has 5 nitrogen and oxygen atoms in total. The Balaban J connectivity index is 2.83. The number of aliphatic imine (C=N–C) groups is 1. The summed E-state index contributed by atoms with van der Waals surface area (Å²) < 4.78 is 42.1. The summed E-state index contributed by atoms with van der Waals surface area (Å²) in [4.78, 5) is 4.38. The molecule has 0 aromatic heterocycles. The lowest BCUT2D eigenvalue weighted by Gasteiger charge is -2.15. The molecule has 0 bridgehead atoms. The van der Waals surface area contributed by atoms with Crippen LogP contribution in [0.3, 0.4) is 0 Å². The Hall–Kier alpha value is -1.96. The van der Waals surface area contributed by atoms with Crippen LogP contribution in [-0.2, 0) is 6.54 Å². The molecule has 0 amide bonds. The second-order valence-corrected chi connectivity index (χ2v) is 5.88. The molecule has 1 atom stereocenters. The molecule has 0 fully saturated rings. The molecule has 0 saturated carbocycles. The van der Waals surface area contributed by atoms with Crippen LogP contribution in [0.5, 0.6) is 5.75 Å². The number of aliphatic hydroxyl groups excluding tert-OH is 1. The Bertz CT molecular complexity index is 563. The minimum absolute atomic E-state index is 0.0554. The van der Waals surface area contributed by atoms with Gasteiger partial charge in [-0.2, -0.15) is 13.2 Å². The normalized spacial score (nSPS) is 13.5. The Kier molecular flexibility index (Phi) is 8.54. The van der Waals surface area contributed by atoms with E-state index in [1.54, 1.807) is 25.1 Å². The molecule has 0 aliphatic carbocycles. The number of guanidine groups is 1. The number of nitrogens with one attached hydrogen (secondary N) is 2. The van der Waals surface area contributed by atoms with Gasteiger partial charge in [0.15, 0.2) is 12.6 Å². The van der Waals surface area contributed by atoms with Crippen LogP contribution < -0.4 is 15.4 Å². The molecule has 1 unspecified atom stereocenters. The van der Waals surface area contributed by atoms with Gasteiger partial charge in [-0.25, -0.2) is 4.99 Å². The molecule has 8 heteroatoms. The van der Waals surface area contributed by atoms with Crippen LogP contribution in [0.25, 0.3) is 0 Å². The number of aryl methyl sites for hydroxylation is 1. The maximum Gasteiger partial charge on any atom is 0.422 e. The highest BCUT2D eigenvalue weighted by Crippen LogP contribution is 2.24. The van der Waals surface area contributed by atoms with Gasteiger partial charge in [-0.3, -0.25) is 0 Å². The van der Waals surface area contributed by atoms with E-state index < -0.39 is 12.8 Å². The lowest BCUT2D eigenvalue weighted by atomic mass is 10.1. The van der Waals surface area contributed by atoms with Crippen molar-refractivity contribution < 1.29 is 23.0 Å². The van der Waals surface area contributed by atoms with Gasteiger partial charge in [0.05, 0.1) is 6.54 Å². The Morgan fingerprint density at radius 2 is 2.04 bits per heavy atom. The standard InChI is InChI=1S/C17H26F3N3O2/c1-4-21-16(22-8-13(3)10-24)23-9-14-6-5-12(2)7-15(14)25-11-17(18,19)20/h5-7,13,24H,4,8-11H2,1-3H3,(H2,21,22,23). The number of aliphatic hydroxyl groups is 1. The highest BCUT2D eigenvalue weighted by molar-refractivity contribution is 5.79. The first-order valence-corrected chi connectivity index (χ1v) is 8.17. The molecule has 0 radical (unpaired) electrons. The number of halogens is 3. The SMILES string of the molecule is CCNC(=NCc1ccc(C)cc1OCC(F)(F)F)NCC(C)CO. The number of hydrogen-bond donors (Lipinski definition) is 3. The lowest BCUT2D eigenvalue weighted by molar-refractivity contribution is -0.153. The fourth-order valence-corrected chi connectivity index (χ4v) is 1.93. The summed E-state index contributed by atoms with van der Waals surface area (Å²) >= 11 is 0. The summed E-state index contributed by atoms with van der Waals surface area (Å²) in [5.74, 6) is 0.778. The Labute approximate surface area is 146 Å². The van der Waals surface area contributed by atoms with Crippen molar-refractivity contribution in [2.24, 2.45) is 10.9 Å². The van der Waals surface area contributed by atoms with E-state index in [2.05, 4.69) is 15.6 Å². The van der Waals surface area contributed by atoms with Crippen molar-refractivity contribution in [3.8, 4) is 5.75 Å². The van der Waals surface area contributed by atoms with Crippen molar-refractivity contribution in [3.05, 3.63) is 29.3 Å².